The van der Waals surface area contributed by atoms with Crippen LogP contribution in [0, 0.1) is 6.92 Å². The molecule has 0 spiro atoms. The van der Waals surface area contributed by atoms with Crippen molar-refractivity contribution in [1.82, 2.24) is 4.98 Å². The molecular formula is C25H21NO4. The summed E-state index contributed by atoms with van der Waals surface area (Å²) in [6, 6.07) is 24.1. The second-order valence-electron chi connectivity index (χ2n) is 6.97. The van der Waals surface area contributed by atoms with E-state index in [1.165, 1.54) is 0 Å². The second-order valence-corrected chi connectivity index (χ2v) is 6.97. The summed E-state index contributed by atoms with van der Waals surface area (Å²) >= 11 is 0. The summed E-state index contributed by atoms with van der Waals surface area (Å²) in [6.07, 6.45) is 0. The van der Waals surface area contributed by atoms with Crippen LogP contribution < -0.4 is 4.74 Å². The van der Waals surface area contributed by atoms with Gasteiger partial charge in [0, 0.05) is 22.2 Å². The number of esters is 1. The summed E-state index contributed by atoms with van der Waals surface area (Å²) in [5.41, 5.74) is 3.56. The van der Waals surface area contributed by atoms with E-state index < -0.39 is 5.97 Å². The number of H-pyrrole nitrogens is 1. The molecule has 0 amide bonds. The number of rotatable bonds is 7. The highest BCUT2D eigenvalue weighted by Gasteiger charge is 2.18. The van der Waals surface area contributed by atoms with Crippen molar-refractivity contribution in [2.75, 3.05) is 6.61 Å². The van der Waals surface area contributed by atoms with Crippen LogP contribution in [-0.4, -0.2) is 23.3 Å². The summed E-state index contributed by atoms with van der Waals surface area (Å²) < 4.78 is 11.0. The average Bonchev–Trinajstić information content (AvgIpc) is 3.12. The van der Waals surface area contributed by atoms with E-state index in [-0.39, 0.29) is 12.4 Å². The molecule has 1 N–H and O–H groups in total. The molecule has 0 aliphatic heterocycles. The Balaban J connectivity index is 1.40. The lowest BCUT2D eigenvalue weighted by molar-refractivity contribution is 0.0474. The summed E-state index contributed by atoms with van der Waals surface area (Å²) in [4.78, 5) is 28.3. The number of carbonyl (C=O) groups is 2. The molecule has 0 bridgehead atoms. The van der Waals surface area contributed by atoms with Crippen LogP contribution in [0.25, 0.3) is 10.9 Å². The van der Waals surface area contributed by atoms with E-state index in [9.17, 15) is 9.59 Å². The van der Waals surface area contributed by atoms with Gasteiger partial charge in [-0.1, -0.05) is 54.6 Å². The van der Waals surface area contributed by atoms with Crippen molar-refractivity contribution in [3.05, 3.63) is 101 Å². The lowest BCUT2D eigenvalue weighted by atomic mass is 10.1. The van der Waals surface area contributed by atoms with Gasteiger partial charge in [-0.2, -0.15) is 0 Å². The summed E-state index contributed by atoms with van der Waals surface area (Å²) in [7, 11) is 0. The molecule has 0 aliphatic rings. The summed E-state index contributed by atoms with van der Waals surface area (Å²) in [5, 5.41) is 0.826. The molecular weight excluding hydrogens is 378 g/mol. The van der Waals surface area contributed by atoms with Crippen LogP contribution >= 0.6 is 0 Å². The van der Waals surface area contributed by atoms with Crippen LogP contribution in [0.2, 0.25) is 0 Å². The number of hydrogen-bond donors (Lipinski definition) is 1. The maximum absolute atomic E-state index is 12.7. The third-order valence-corrected chi connectivity index (χ3v) is 4.82. The minimum atomic E-state index is -0.564. The lowest BCUT2D eigenvalue weighted by Gasteiger charge is -2.08. The number of aromatic nitrogens is 1. The quantitative estimate of drug-likeness (QED) is 0.347. The minimum absolute atomic E-state index is 0.241. The Kier molecular flexibility index (Phi) is 5.61. The SMILES string of the molecule is Cc1[nH]c2ccccc2c1C(=O)COC(=O)c1cccc(OCc2ccccc2)c1. The van der Waals surface area contributed by atoms with E-state index in [4.69, 9.17) is 9.47 Å². The Labute approximate surface area is 174 Å². The average molecular weight is 399 g/mol. The first-order valence-corrected chi connectivity index (χ1v) is 9.66. The molecule has 4 rings (SSSR count). The maximum Gasteiger partial charge on any atom is 0.338 e. The number of aromatic amines is 1. The third-order valence-electron chi connectivity index (χ3n) is 4.82. The predicted molar refractivity (Wildman–Crippen MR) is 115 cm³/mol. The van der Waals surface area contributed by atoms with Gasteiger partial charge in [-0.3, -0.25) is 4.79 Å². The van der Waals surface area contributed by atoms with Crippen LogP contribution in [0.5, 0.6) is 5.75 Å². The van der Waals surface area contributed by atoms with Crippen molar-refractivity contribution in [3.8, 4) is 5.75 Å². The number of aryl methyl sites for hydroxylation is 1. The molecule has 0 radical (unpaired) electrons. The third kappa shape index (κ3) is 4.25. The van der Waals surface area contributed by atoms with Crippen LogP contribution in [0.3, 0.4) is 0 Å². The number of para-hydroxylation sites is 1. The lowest BCUT2D eigenvalue weighted by Crippen LogP contribution is -2.15. The monoisotopic (exact) mass is 399 g/mol. The molecule has 0 atom stereocenters. The van der Waals surface area contributed by atoms with Gasteiger partial charge in [0.25, 0.3) is 0 Å². The molecule has 0 aliphatic carbocycles. The van der Waals surface area contributed by atoms with Crippen molar-refractivity contribution >= 4 is 22.7 Å². The fourth-order valence-corrected chi connectivity index (χ4v) is 3.38. The van der Waals surface area contributed by atoms with Crippen LogP contribution in [0.1, 0.15) is 32.0 Å². The summed E-state index contributed by atoms with van der Waals surface area (Å²) in [5.74, 6) is -0.243. The fourth-order valence-electron chi connectivity index (χ4n) is 3.38. The van der Waals surface area contributed by atoms with Crippen LogP contribution in [-0.2, 0) is 11.3 Å². The molecule has 1 aromatic heterocycles. The number of ketones is 1. The molecule has 0 saturated heterocycles. The van der Waals surface area contributed by atoms with Gasteiger partial charge in [0.05, 0.1) is 5.56 Å². The predicted octanol–water partition coefficient (Wildman–Crippen LogP) is 5.10. The van der Waals surface area contributed by atoms with Gasteiger partial charge < -0.3 is 14.5 Å². The standard InChI is InChI=1S/C25H21NO4/c1-17-24(21-12-5-6-13-22(21)26-17)23(27)16-30-25(28)19-10-7-11-20(14-19)29-15-18-8-3-2-4-9-18/h2-14,26H,15-16H2,1H3. The van der Waals surface area contributed by atoms with Gasteiger partial charge in [-0.25, -0.2) is 4.79 Å². The van der Waals surface area contributed by atoms with E-state index >= 15 is 0 Å². The van der Waals surface area contributed by atoms with E-state index in [1.54, 1.807) is 24.3 Å². The van der Waals surface area contributed by atoms with Crippen molar-refractivity contribution < 1.29 is 19.1 Å². The summed E-state index contributed by atoms with van der Waals surface area (Å²) in [6.45, 7) is 1.91. The van der Waals surface area contributed by atoms with E-state index in [0.29, 0.717) is 23.5 Å². The normalized spacial score (nSPS) is 10.7. The van der Waals surface area contributed by atoms with Crippen molar-refractivity contribution in [2.45, 2.75) is 13.5 Å². The van der Waals surface area contributed by atoms with E-state index in [2.05, 4.69) is 4.98 Å². The Bertz CT molecular complexity index is 1190. The molecule has 5 heteroatoms. The van der Waals surface area contributed by atoms with Gasteiger partial charge >= 0.3 is 5.97 Å². The van der Waals surface area contributed by atoms with E-state index in [0.717, 1.165) is 22.2 Å². The Morgan fingerprint density at radius 3 is 2.50 bits per heavy atom. The molecule has 1 heterocycles. The number of ether oxygens (including phenoxy) is 2. The highest BCUT2D eigenvalue weighted by Crippen LogP contribution is 2.22. The number of carbonyl (C=O) groups excluding carboxylic acids is 2. The van der Waals surface area contributed by atoms with Crippen LogP contribution in [0.4, 0.5) is 0 Å². The number of Topliss-reactive ketones (excluding diaryl/α,β-unsaturated/α-hetero) is 1. The molecule has 4 aromatic rings. The van der Waals surface area contributed by atoms with Crippen LogP contribution in [0.15, 0.2) is 78.9 Å². The van der Waals surface area contributed by atoms with Crippen molar-refractivity contribution in [1.29, 1.82) is 0 Å². The van der Waals surface area contributed by atoms with E-state index in [1.807, 2.05) is 61.5 Å². The Morgan fingerprint density at radius 2 is 1.67 bits per heavy atom. The molecule has 0 unspecified atom stereocenters. The molecule has 30 heavy (non-hydrogen) atoms. The molecule has 0 saturated carbocycles. The Morgan fingerprint density at radius 1 is 0.900 bits per heavy atom. The zero-order chi connectivity index (χ0) is 20.9. The first-order chi connectivity index (χ1) is 14.6. The molecule has 150 valence electrons. The maximum atomic E-state index is 12.7. The topological polar surface area (TPSA) is 68.4 Å². The molecule has 0 fully saturated rings. The van der Waals surface area contributed by atoms with Gasteiger partial charge in [0.15, 0.2) is 6.61 Å². The number of benzene rings is 3. The largest absolute Gasteiger partial charge is 0.489 e. The first-order valence-electron chi connectivity index (χ1n) is 9.66. The Hall–Kier alpha value is -3.86. The highest BCUT2D eigenvalue weighted by atomic mass is 16.5. The van der Waals surface area contributed by atoms with Gasteiger partial charge in [0.2, 0.25) is 5.78 Å². The fraction of sp³-hybridized carbons (Fsp3) is 0.120. The first kappa shape index (κ1) is 19.5. The minimum Gasteiger partial charge on any atom is -0.489 e. The molecule has 3 aromatic carbocycles. The second kappa shape index (κ2) is 8.66. The smallest absolute Gasteiger partial charge is 0.338 e. The number of fused-ring (bicyclic) bond motifs is 1. The number of hydrogen-bond acceptors (Lipinski definition) is 4. The highest BCUT2D eigenvalue weighted by molar-refractivity contribution is 6.10. The van der Waals surface area contributed by atoms with Crippen molar-refractivity contribution in [3.63, 3.8) is 0 Å². The zero-order valence-electron chi connectivity index (χ0n) is 16.6. The molecule has 5 nitrogen and oxygen atoms in total. The number of nitrogens with one attached hydrogen (secondary N) is 1. The van der Waals surface area contributed by atoms with Gasteiger partial charge in [-0.05, 0) is 36.8 Å². The van der Waals surface area contributed by atoms with Gasteiger partial charge in [0.1, 0.15) is 12.4 Å². The van der Waals surface area contributed by atoms with Crippen molar-refractivity contribution in [2.24, 2.45) is 0 Å². The zero-order valence-corrected chi connectivity index (χ0v) is 16.6. The van der Waals surface area contributed by atoms with Gasteiger partial charge in [-0.15, -0.1) is 0 Å².